The van der Waals surface area contributed by atoms with Gasteiger partial charge in [0.25, 0.3) is 0 Å². The number of thiazole rings is 1. The number of anilines is 2. The standard InChI is InChI=1S/C11H13ClN4OS/c1-5(2)10(17)14-6-3-7(12)9-8(4-6)18-11(15-9)16-13/h3-5H,13H2,1-2H3,(H,14,17)(H,15,16). The molecule has 4 N–H and O–H groups in total. The third kappa shape index (κ3) is 2.55. The molecule has 7 heteroatoms. The highest BCUT2D eigenvalue weighted by Crippen LogP contribution is 2.33. The van der Waals surface area contributed by atoms with E-state index in [4.69, 9.17) is 17.4 Å². The van der Waals surface area contributed by atoms with E-state index in [1.165, 1.54) is 11.3 Å². The van der Waals surface area contributed by atoms with Gasteiger partial charge in [-0.2, -0.15) is 0 Å². The molecular formula is C11H13ClN4OS. The Kier molecular flexibility index (Phi) is 3.70. The first-order valence-corrected chi connectivity index (χ1v) is 6.58. The van der Waals surface area contributed by atoms with Gasteiger partial charge in [-0.15, -0.1) is 0 Å². The van der Waals surface area contributed by atoms with Crippen LogP contribution in [0.3, 0.4) is 0 Å². The first kappa shape index (κ1) is 13.1. The number of nitrogens with one attached hydrogen (secondary N) is 2. The monoisotopic (exact) mass is 284 g/mol. The number of hydrogen-bond acceptors (Lipinski definition) is 5. The summed E-state index contributed by atoms with van der Waals surface area (Å²) in [7, 11) is 0. The second-order valence-electron chi connectivity index (χ2n) is 4.11. The minimum atomic E-state index is -0.0813. The summed E-state index contributed by atoms with van der Waals surface area (Å²) >= 11 is 7.50. The van der Waals surface area contributed by atoms with Gasteiger partial charge in [0.15, 0.2) is 5.13 Å². The maximum Gasteiger partial charge on any atom is 0.226 e. The molecule has 0 aliphatic rings. The van der Waals surface area contributed by atoms with Crippen LogP contribution >= 0.6 is 22.9 Å². The first-order valence-electron chi connectivity index (χ1n) is 5.39. The van der Waals surface area contributed by atoms with E-state index in [0.29, 0.717) is 21.4 Å². The number of nitrogens with zero attached hydrogens (tertiary/aromatic N) is 1. The zero-order valence-corrected chi connectivity index (χ0v) is 11.5. The Morgan fingerprint density at radius 1 is 1.50 bits per heavy atom. The molecule has 1 aromatic carbocycles. The molecule has 96 valence electrons. The first-order chi connectivity index (χ1) is 8.51. The number of carbonyl (C=O) groups is 1. The molecular weight excluding hydrogens is 272 g/mol. The van der Waals surface area contributed by atoms with Crippen molar-refractivity contribution >= 4 is 49.9 Å². The van der Waals surface area contributed by atoms with Crippen molar-refractivity contribution in [3.05, 3.63) is 17.2 Å². The van der Waals surface area contributed by atoms with Crippen LogP contribution in [-0.2, 0) is 4.79 Å². The molecule has 0 unspecified atom stereocenters. The van der Waals surface area contributed by atoms with E-state index in [0.717, 1.165) is 4.70 Å². The summed E-state index contributed by atoms with van der Waals surface area (Å²) < 4.78 is 0.870. The van der Waals surface area contributed by atoms with Gasteiger partial charge < -0.3 is 5.32 Å². The van der Waals surface area contributed by atoms with Gasteiger partial charge in [0.05, 0.1) is 9.72 Å². The Bertz CT molecular complexity index is 596. The maximum atomic E-state index is 11.6. The molecule has 0 bridgehead atoms. The topological polar surface area (TPSA) is 80.0 Å². The molecule has 0 atom stereocenters. The molecule has 0 fully saturated rings. The number of nitrogen functional groups attached to an aromatic ring is 1. The number of carbonyl (C=O) groups excluding carboxylic acids is 1. The van der Waals surface area contributed by atoms with Gasteiger partial charge in [0, 0.05) is 11.6 Å². The van der Waals surface area contributed by atoms with Crippen LogP contribution in [0.5, 0.6) is 0 Å². The molecule has 1 aromatic heterocycles. The number of fused-ring (bicyclic) bond motifs is 1. The van der Waals surface area contributed by atoms with Gasteiger partial charge in [-0.3, -0.25) is 10.2 Å². The predicted octanol–water partition coefficient (Wildman–Crippen LogP) is 2.83. The summed E-state index contributed by atoms with van der Waals surface area (Å²) in [5.41, 5.74) is 3.83. The van der Waals surface area contributed by atoms with Gasteiger partial charge in [-0.25, -0.2) is 10.8 Å². The van der Waals surface area contributed by atoms with Crippen LogP contribution in [0.1, 0.15) is 13.8 Å². The number of aromatic nitrogens is 1. The van der Waals surface area contributed by atoms with Gasteiger partial charge in [0.2, 0.25) is 5.91 Å². The number of benzene rings is 1. The Balaban J connectivity index is 2.39. The minimum absolute atomic E-state index is 0.0490. The Morgan fingerprint density at radius 2 is 2.22 bits per heavy atom. The third-order valence-corrected chi connectivity index (χ3v) is 3.59. The highest BCUT2D eigenvalue weighted by molar-refractivity contribution is 7.22. The minimum Gasteiger partial charge on any atom is -0.326 e. The normalized spacial score (nSPS) is 10.9. The molecule has 0 aliphatic carbocycles. The second kappa shape index (κ2) is 5.09. The van der Waals surface area contributed by atoms with Crippen LogP contribution in [-0.4, -0.2) is 10.9 Å². The highest BCUT2D eigenvalue weighted by Gasteiger charge is 2.12. The van der Waals surface area contributed by atoms with Crippen molar-refractivity contribution in [1.82, 2.24) is 4.98 Å². The highest BCUT2D eigenvalue weighted by atomic mass is 35.5. The number of hydrogen-bond donors (Lipinski definition) is 3. The summed E-state index contributed by atoms with van der Waals surface area (Å²) in [6.45, 7) is 3.66. The van der Waals surface area contributed by atoms with Crippen molar-refractivity contribution in [3.63, 3.8) is 0 Å². The number of nitrogens with two attached hydrogens (primary N) is 1. The van der Waals surface area contributed by atoms with Gasteiger partial charge in [0.1, 0.15) is 5.52 Å². The molecule has 1 amide bonds. The van der Waals surface area contributed by atoms with Crippen molar-refractivity contribution in [1.29, 1.82) is 0 Å². The quantitative estimate of drug-likeness (QED) is 0.598. The van der Waals surface area contributed by atoms with Crippen molar-refractivity contribution in [2.45, 2.75) is 13.8 Å². The lowest BCUT2D eigenvalue weighted by molar-refractivity contribution is -0.118. The molecule has 0 saturated carbocycles. The van der Waals surface area contributed by atoms with Crippen molar-refractivity contribution in [2.75, 3.05) is 10.7 Å². The van der Waals surface area contributed by atoms with E-state index >= 15 is 0 Å². The fraction of sp³-hybridized carbons (Fsp3) is 0.273. The molecule has 5 nitrogen and oxygen atoms in total. The van der Waals surface area contributed by atoms with Gasteiger partial charge in [-0.05, 0) is 12.1 Å². The maximum absolute atomic E-state index is 11.6. The van der Waals surface area contributed by atoms with Gasteiger partial charge in [-0.1, -0.05) is 36.8 Å². The number of hydrazine groups is 1. The van der Waals surface area contributed by atoms with E-state index in [9.17, 15) is 4.79 Å². The van der Waals surface area contributed by atoms with Crippen molar-refractivity contribution < 1.29 is 4.79 Å². The van der Waals surface area contributed by atoms with E-state index in [2.05, 4.69) is 15.7 Å². The lowest BCUT2D eigenvalue weighted by Gasteiger charge is -2.07. The third-order valence-electron chi connectivity index (χ3n) is 2.36. The fourth-order valence-electron chi connectivity index (χ4n) is 1.41. The smallest absolute Gasteiger partial charge is 0.226 e. The molecule has 2 rings (SSSR count). The van der Waals surface area contributed by atoms with Crippen LogP contribution in [0, 0.1) is 5.92 Å². The number of halogens is 1. The van der Waals surface area contributed by atoms with E-state index in [1.54, 1.807) is 6.07 Å². The Morgan fingerprint density at radius 3 is 2.83 bits per heavy atom. The molecule has 0 spiro atoms. The van der Waals surface area contributed by atoms with Crippen LogP contribution in [0.25, 0.3) is 10.2 Å². The SMILES string of the molecule is CC(C)C(=O)Nc1cc(Cl)c2nc(NN)sc2c1. The average Bonchev–Trinajstić information content (AvgIpc) is 2.72. The fourth-order valence-corrected chi connectivity index (χ4v) is 2.57. The van der Waals surface area contributed by atoms with Gasteiger partial charge >= 0.3 is 0 Å². The number of amides is 1. The lowest BCUT2D eigenvalue weighted by Crippen LogP contribution is -2.17. The summed E-state index contributed by atoms with van der Waals surface area (Å²) in [4.78, 5) is 15.8. The van der Waals surface area contributed by atoms with Crippen molar-refractivity contribution in [3.8, 4) is 0 Å². The summed E-state index contributed by atoms with van der Waals surface area (Å²) in [5, 5.41) is 3.88. The van der Waals surface area contributed by atoms with E-state index in [1.807, 2.05) is 19.9 Å². The number of rotatable bonds is 3. The van der Waals surface area contributed by atoms with Crippen molar-refractivity contribution in [2.24, 2.45) is 11.8 Å². The predicted molar refractivity (Wildman–Crippen MR) is 75.9 cm³/mol. The zero-order valence-electron chi connectivity index (χ0n) is 9.95. The van der Waals surface area contributed by atoms with Crippen LogP contribution in [0.15, 0.2) is 12.1 Å². The lowest BCUT2D eigenvalue weighted by atomic mass is 10.2. The Hall–Kier alpha value is -1.37. The van der Waals surface area contributed by atoms with E-state index in [-0.39, 0.29) is 11.8 Å². The summed E-state index contributed by atoms with van der Waals surface area (Å²) in [5.74, 6) is 5.18. The summed E-state index contributed by atoms with van der Waals surface area (Å²) in [6.07, 6.45) is 0. The molecule has 2 aromatic rings. The zero-order chi connectivity index (χ0) is 13.3. The molecule has 0 saturated heterocycles. The molecule has 0 radical (unpaired) electrons. The molecule has 18 heavy (non-hydrogen) atoms. The van der Waals surface area contributed by atoms with Crippen LogP contribution in [0.2, 0.25) is 5.02 Å². The average molecular weight is 285 g/mol. The molecule has 0 aliphatic heterocycles. The van der Waals surface area contributed by atoms with Crippen LogP contribution < -0.4 is 16.6 Å². The Labute approximate surface area is 113 Å². The second-order valence-corrected chi connectivity index (χ2v) is 5.55. The van der Waals surface area contributed by atoms with Crippen LogP contribution in [0.4, 0.5) is 10.8 Å². The van der Waals surface area contributed by atoms with E-state index < -0.39 is 0 Å². The molecule has 1 heterocycles. The largest absolute Gasteiger partial charge is 0.326 e. The summed E-state index contributed by atoms with van der Waals surface area (Å²) in [6, 6.07) is 3.52.